The maximum Gasteiger partial charge on any atom is 0.402 e. The SMILES string of the molecule is NC(=O)O.Nc1ncnc2nc[nH]c12. The summed E-state index contributed by atoms with van der Waals surface area (Å²) in [5, 5.41) is 7.19. The highest BCUT2D eigenvalue weighted by Crippen LogP contribution is 2.09. The van der Waals surface area contributed by atoms with E-state index in [1.807, 2.05) is 0 Å². The summed E-state index contributed by atoms with van der Waals surface area (Å²) in [5.74, 6) is 0.433. The Kier molecular flexibility index (Phi) is 2.79. The van der Waals surface area contributed by atoms with Gasteiger partial charge in [0, 0.05) is 0 Å². The molecule has 14 heavy (non-hydrogen) atoms. The van der Waals surface area contributed by atoms with Crippen LogP contribution in [0, 0.1) is 0 Å². The van der Waals surface area contributed by atoms with Crippen molar-refractivity contribution in [3.05, 3.63) is 12.7 Å². The van der Waals surface area contributed by atoms with Crippen LogP contribution in [-0.4, -0.2) is 31.1 Å². The van der Waals surface area contributed by atoms with Crippen molar-refractivity contribution in [2.45, 2.75) is 0 Å². The van der Waals surface area contributed by atoms with E-state index in [0.29, 0.717) is 17.0 Å². The maximum absolute atomic E-state index is 8.78. The molecule has 0 atom stereocenters. The van der Waals surface area contributed by atoms with Crippen molar-refractivity contribution in [2.75, 3.05) is 5.73 Å². The second-order valence-electron chi connectivity index (χ2n) is 2.20. The van der Waals surface area contributed by atoms with Crippen molar-refractivity contribution in [2.24, 2.45) is 5.73 Å². The van der Waals surface area contributed by atoms with Crippen LogP contribution in [0.3, 0.4) is 0 Å². The molecule has 2 aromatic rings. The van der Waals surface area contributed by atoms with Crippen LogP contribution in [0.15, 0.2) is 12.7 Å². The van der Waals surface area contributed by atoms with Gasteiger partial charge in [-0.1, -0.05) is 0 Å². The van der Waals surface area contributed by atoms with Crippen molar-refractivity contribution < 1.29 is 9.90 Å². The first-order valence-electron chi connectivity index (χ1n) is 3.49. The fraction of sp³-hybridized carbons (Fsp3) is 0. The summed E-state index contributed by atoms with van der Waals surface area (Å²) < 4.78 is 0. The van der Waals surface area contributed by atoms with Gasteiger partial charge in [-0.05, 0) is 0 Å². The number of nitrogens with zero attached hydrogens (tertiary/aromatic N) is 3. The van der Waals surface area contributed by atoms with Gasteiger partial charge in [0.1, 0.15) is 11.8 Å². The minimum absolute atomic E-state index is 0.433. The highest BCUT2D eigenvalue weighted by atomic mass is 16.4. The molecule has 0 aliphatic heterocycles. The first kappa shape index (κ1) is 9.71. The molecule has 6 N–H and O–H groups in total. The fourth-order valence-electron chi connectivity index (χ4n) is 0.784. The lowest BCUT2D eigenvalue weighted by atomic mass is 10.5. The van der Waals surface area contributed by atoms with Crippen molar-refractivity contribution in [1.82, 2.24) is 19.9 Å². The van der Waals surface area contributed by atoms with Gasteiger partial charge in [-0.25, -0.2) is 19.7 Å². The Morgan fingerprint density at radius 2 is 2.07 bits per heavy atom. The number of imidazole rings is 1. The summed E-state index contributed by atoms with van der Waals surface area (Å²) in [6.07, 6.45) is 1.59. The fourth-order valence-corrected chi connectivity index (χ4v) is 0.784. The molecule has 0 fully saturated rings. The van der Waals surface area contributed by atoms with Crippen LogP contribution in [-0.2, 0) is 0 Å². The number of fused-ring (bicyclic) bond motifs is 1. The molecular weight excluding hydrogens is 188 g/mol. The lowest BCUT2D eigenvalue weighted by molar-refractivity contribution is 0.205. The Bertz CT molecular complexity index is 435. The molecule has 0 unspecified atom stereocenters. The normalized spacial score (nSPS) is 9.14. The monoisotopic (exact) mass is 196 g/mol. The van der Waals surface area contributed by atoms with E-state index in [1.165, 1.54) is 12.7 Å². The lowest BCUT2D eigenvalue weighted by Gasteiger charge is -1.89. The standard InChI is InChI=1S/C5H5N5.CH3NO2/c6-4-3-5(9-1-7-3)10-2-8-4;2-1(3)4/h1-2H,(H3,6,7,8,9,10);2H2,(H,3,4). The lowest BCUT2D eigenvalue weighted by Crippen LogP contribution is -2.03. The van der Waals surface area contributed by atoms with E-state index in [2.05, 4.69) is 25.7 Å². The third-order valence-electron chi connectivity index (χ3n) is 1.25. The minimum atomic E-state index is -1.33. The molecule has 0 bridgehead atoms. The van der Waals surface area contributed by atoms with Crippen LogP contribution in [0.1, 0.15) is 0 Å². The molecule has 0 aliphatic rings. The smallest absolute Gasteiger partial charge is 0.402 e. The molecule has 2 rings (SSSR count). The van der Waals surface area contributed by atoms with E-state index >= 15 is 0 Å². The largest absolute Gasteiger partial charge is 0.465 e. The first-order chi connectivity index (χ1) is 6.61. The van der Waals surface area contributed by atoms with Gasteiger partial charge >= 0.3 is 6.09 Å². The predicted molar refractivity (Wildman–Crippen MR) is 48.3 cm³/mol. The second-order valence-corrected chi connectivity index (χ2v) is 2.20. The number of nitrogens with two attached hydrogens (primary N) is 2. The Balaban J connectivity index is 0.000000213. The van der Waals surface area contributed by atoms with Crippen LogP contribution < -0.4 is 11.5 Å². The first-order valence-corrected chi connectivity index (χ1v) is 3.49. The summed E-state index contributed by atoms with van der Waals surface area (Å²) in [6, 6.07) is 0. The van der Waals surface area contributed by atoms with Gasteiger partial charge in [0.15, 0.2) is 11.5 Å². The Labute approximate surface area is 78.0 Å². The molecule has 0 aromatic carbocycles. The molecular formula is C6H8N6O2. The van der Waals surface area contributed by atoms with Crippen molar-refractivity contribution in [3.63, 3.8) is 0 Å². The van der Waals surface area contributed by atoms with Crippen molar-refractivity contribution in [3.8, 4) is 0 Å². The number of rotatable bonds is 0. The molecule has 0 aliphatic carbocycles. The molecule has 0 radical (unpaired) electrons. The second kappa shape index (κ2) is 4.03. The van der Waals surface area contributed by atoms with Gasteiger partial charge < -0.3 is 21.6 Å². The number of nitrogens with one attached hydrogen (secondary N) is 1. The number of hydrogen-bond donors (Lipinski definition) is 4. The van der Waals surface area contributed by atoms with Gasteiger partial charge in [-0.2, -0.15) is 0 Å². The van der Waals surface area contributed by atoms with Gasteiger partial charge in [0.2, 0.25) is 0 Å². The topological polar surface area (TPSA) is 144 Å². The van der Waals surface area contributed by atoms with Crippen LogP contribution in [0.2, 0.25) is 0 Å². The molecule has 2 aromatic heterocycles. The summed E-state index contributed by atoms with van der Waals surface area (Å²) >= 11 is 0. The Morgan fingerprint density at radius 1 is 1.43 bits per heavy atom. The van der Waals surface area contributed by atoms with E-state index in [1.54, 1.807) is 0 Å². The summed E-state index contributed by atoms with van der Waals surface area (Å²) in [7, 11) is 0. The van der Waals surface area contributed by atoms with E-state index in [9.17, 15) is 0 Å². The van der Waals surface area contributed by atoms with Crippen LogP contribution in [0.4, 0.5) is 10.6 Å². The predicted octanol–water partition coefficient (Wildman–Crippen LogP) is -0.442. The zero-order valence-corrected chi connectivity index (χ0v) is 7.01. The summed E-state index contributed by atoms with van der Waals surface area (Å²) in [4.78, 5) is 23.1. The maximum atomic E-state index is 8.78. The number of nitrogen functional groups attached to an aromatic ring is 1. The molecule has 0 saturated carbocycles. The number of aromatic amines is 1. The third-order valence-corrected chi connectivity index (χ3v) is 1.25. The van der Waals surface area contributed by atoms with Crippen LogP contribution in [0.5, 0.6) is 0 Å². The van der Waals surface area contributed by atoms with Crippen molar-refractivity contribution >= 4 is 23.1 Å². The average Bonchev–Trinajstić information content (AvgIpc) is 2.52. The van der Waals surface area contributed by atoms with E-state index < -0.39 is 6.09 Å². The zero-order valence-electron chi connectivity index (χ0n) is 7.01. The van der Waals surface area contributed by atoms with Crippen LogP contribution in [0.25, 0.3) is 11.2 Å². The van der Waals surface area contributed by atoms with E-state index in [0.717, 1.165) is 0 Å². The number of amides is 1. The van der Waals surface area contributed by atoms with E-state index in [4.69, 9.17) is 15.6 Å². The van der Waals surface area contributed by atoms with Gasteiger partial charge in [-0.15, -0.1) is 0 Å². The van der Waals surface area contributed by atoms with E-state index in [-0.39, 0.29) is 0 Å². The van der Waals surface area contributed by atoms with Gasteiger partial charge in [0.05, 0.1) is 6.33 Å². The molecule has 0 spiro atoms. The number of primary amides is 1. The third kappa shape index (κ3) is 2.30. The van der Waals surface area contributed by atoms with Gasteiger partial charge in [0.25, 0.3) is 0 Å². The molecule has 2 heterocycles. The van der Waals surface area contributed by atoms with Crippen molar-refractivity contribution in [1.29, 1.82) is 0 Å². The number of carbonyl (C=O) groups is 1. The van der Waals surface area contributed by atoms with Gasteiger partial charge in [-0.3, -0.25) is 0 Å². The molecule has 74 valence electrons. The number of carboxylic acid groups (broad SMARTS) is 1. The number of H-pyrrole nitrogens is 1. The Morgan fingerprint density at radius 3 is 2.64 bits per heavy atom. The highest BCUT2D eigenvalue weighted by Gasteiger charge is 1.99. The highest BCUT2D eigenvalue weighted by molar-refractivity contribution is 5.80. The molecule has 8 heteroatoms. The number of aromatic nitrogens is 4. The number of anilines is 1. The van der Waals surface area contributed by atoms with Crippen LogP contribution >= 0.6 is 0 Å². The summed E-state index contributed by atoms with van der Waals surface area (Å²) in [6.45, 7) is 0. The minimum Gasteiger partial charge on any atom is -0.465 e. The average molecular weight is 196 g/mol. The summed E-state index contributed by atoms with van der Waals surface area (Å²) in [5.41, 5.74) is 10.8. The number of hydrogen-bond acceptors (Lipinski definition) is 5. The quantitative estimate of drug-likeness (QED) is 0.449. The molecule has 8 nitrogen and oxygen atoms in total. The zero-order chi connectivity index (χ0) is 10.6. The Hall–Kier alpha value is -2.38. The molecule has 1 amide bonds. The molecule has 0 saturated heterocycles.